The smallest absolute Gasteiger partial charge is 0.346 e. The van der Waals surface area contributed by atoms with E-state index in [-0.39, 0.29) is 28.9 Å². The molecule has 0 spiro atoms. The molecule has 0 saturated heterocycles. The molecule has 0 radical (unpaired) electrons. The zero-order valence-corrected chi connectivity index (χ0v) is 12.9. The van der Waals surface area contributed by atoms with E-state index in [1.807, 2.05) is 0 Å². The summed E-state index contributed by atoms with van der Waals surface area (Å²) in [5.41, 5.74) is 8.81. The third-order valence-electron chi connectivity index (χ3n) is 2.75. The lowest BCUT2D eigenvalue weighted by Gasteiger charge is -2.08. The Bertz CT molecular complexity index is 653. The van der Waals surface area contributed by atoms with Gasteiger partial charge in [-0.2, -0.15) is 0 Å². The van der Waals surface area contributed by atoms with Gasteiger partial charge in [0.1, 0.15) is 10.7 Å². The van der Waals surface area contributed by atoms with Crippen LogP contribution in [0, 0.1) is 0 Å². The normalized spacial score (nSPS) is 15.3. The Balaban J connectivity index is 2.22. The number of hydrazone groups is 1. The van der Waals surface area contributed by atoms with Crippen molar-refractivity contribution < 1.29 is 19.0 Å². The van der Waals surface area contributed by atoms with Crippen molar-refractivity contribution in [3.63, 3.8) is 0 Å². The molecule has 7 nitrogen and oxygen atoms in total. The number of carbonyl (C=O) groups is 1. The van der Waals surface area contributed by atoms with Crippen LogP contribution in [0.5, 0.6) is 5.75 Å². The maximum absolute atomic E-state index is 11.9. The number of methoxy groups -OCH3 is 1. The first-order valence-electron chi connectivity index (χ1n) is 6.44. The predicted molar refractivity (Wildman–Crippen MR) is 84.2 cm³/mol. The molecular formula is C14H15N3O4S. The van der Waals surface area contributed by atoms with Gasteiger partial charge in [-0.05, 0) is 31.2 Å². The topological polar surface area (TPSA) is 95.2 Å². The molecule has 0 unspecified atom stereocenters. The average molecular weight is 321 g/mol. The lowest BCUT2D eigenvalue weighted by atomic mass is 10.2. The number of hydrogen-bond acceptors (Lipinski definition) is 7. The summed E-state index contributed by atoms with van der Waals surface area (Å²) < 4.78 is 15.5. The molecule has 1 aromatic rings. The highest BCUT2D eigenvalue weighted by Gasteiger charge is 2.26. The third-order valence-corrected chi connectivity index (χ3v) is 2.95. The van der Waals surface area contributed by atoms with Crippen LogP contribution < -0.4 is 15.9 Å². The van der Waals surface area contributed by atoms with Crippen molar-refractivity contribution in [2.24, 2.45) is 10.8 Å². The number of hydrogen-bond donors (Lipinski definition) is 2. The molecule has 2 rings (SSSR count). The fraction of sp³-hybridized carbons (Fsp3) is 0.214. The second kappa shape index (κ2) is 6.90. The Morgan fingerprint density at radius 2 is 2.09 bits per heavy atom. The van der Waals surface area contributed by atoms with Crippen molar-refractivity contribution in [1.82, 2.24) is 5.43 Å². The van der Waals surface area contributed by atoms with Crippen LogP contribution in [0.25, 0.3) is 0 Å². The number of nitrogens with two attached hydrogens (primary N) is 1. The van der Waals surface area contributed by atoms with Crippen LogP contribution in [0.2, 0.25) is 0 Å². The van der Waals surface area contributed by atoms with Gasteiger partial charge >= 0.3 is 5.97 Å². The van der Waals surface area contributed by atoms with Crippen LogP contribution in [-0.2, 0) is 14.3 Å². The van der Waals surface area contributed by atoms with Crippen LogP contribution in [-0.4, -0.2) is 30.6 Å². The summed E-state index contributed by atoms with van der Waals surface area (Å²) in [6.07, 6.45) is 0. The molecule has 0 atom stereocenters. The first kappa shape index (κ1) is 15.8. The molecule has 8 heteroatoms. The van der Waals surface area contributed by atoms with Gasteiger partial charge < -0.3 is 19.9 Å². The molecule has 0 fully saturated rings. The van der Waals surface area contributed by atoms with Crippen molar-refractivity contribution in [3.8, 4) is 5.75 Å². The van der Waals surface area contributed by atoms with Crippen molar-refractivity contribution in [2.45, 2.75) is 6.92 Å². The largest absolute Gasteiger partial charge is 0.497 e. The van der Waals surface area contributed by atoms with Crippen LogP contribution >= 0.6 is 12.2 Å². The monoisotopic (exact) mass is 321 g/mol. The van der Waals surface area contributed by atoms with E-state index in [1.54, 1.807) is 38.3 Å². The van der Waals surface area contributed by atoms with E-state index in [4.69, 9.17) is 32.2 Å². The van der Waals surface area contributed by atoms with Crippen LogP contribution in [0.4, 0.5) is 0 Å². The maximum atomic E-state index is 11.9. The van der Waals surface area contributed by atoms with Crippen LogP contribution in [0.15, 0.2) is 40.8 Å². The molecule has 0 amide bonds. The van der Waals surface area contributed by atoms with Crippen molar-refractivity contribution in [1.29, 1.82) is 0 Å². The van der Waals surface area contributed by atoms with E-state index < -0.39 is 5.97 Å². The summed E-state index contributed by atoms with van der Waals surface area (Å²) in [6.45, 7) is 1.88. The number of ether oxygens (including phenoxy) is 3. The number of benzene rings is 1. The van der Waals surface area contributed by atoms with Gasteiger partial charge in [0.2, 0.25) is 11.8 Å². The fourth-order valence-corrected chi connectivity index (χ4v) is 1.89. The van der Waals surface area contributed by atoms with Crippen molar-refractivity contribution in [3.05, 3.63) is 41.3 Å². The molecule has 0 bridgehead atoms. The molecule has 1 aromatic carbocycles. The number of thiocarbonyl (C=S) groups is 1. The number of esters is 1. The van der Waals surface area contributed by atoms with Gasteiger partial charge in [0.05, 0.1) is 13.7 Å². The van der Waals surface area contributed by atoms with Gasteiger partial charge in [-0.15, -0.1) is 5.10 Å². The Hall–Kier alpha value is -2.61. The van der Waals surface area contributed by atoms with E-state index in [2.05, 4.69) is 10.5 Å². The van der Waals surface area contributed by atoms with Crippen molar-refractivity contribution in [2.75, 3.05) is 13.7 Å². The minimum absolute atomic E-state index is 0.0517. The van der Waals surface area contributed by atoms with Gasteiger partial charge in [0.15, 0.2) is 5.57 Å². The van der Waals surface area contributed by atoms with Gasteiger partial charge in [-0.25, -0.2) is 10.2 Å². The van der Waals surface area contributed by atoms with Gasteiger partial charge in [-0.1, -0.05) is 12.2 Å². The standard InChI is InChI=1S/C14H15N3O4S/c1-3-20-14(18)10(11(15)22)13-17-16-12(21-13)8-4-6-9(19-2)7-5-8/h4-7,17H,3H2,1-2H3,(H2,15,22)/b13-10-. The molecule has 1 heterocycles. The minimum atomic E-state index is -0.663. The number of rotatable bonds is 5. The lowest BCUT2D eigenvalue weighted by Crippen LogP contribution is -2.25. The van der Waals surface area contributed by atoms with Gasteiger partial charge in [-0.3, -0.25) is 0 Å². The number of carbonyl (C=O) groups excluding carboxylic acids is 1. The molecule has 116 valence electrons. The Labute approximate surface area is 132 Å². The highest BCUT2D eigenvalue weighted by atomic mass is 32.1. The fourth-order valence-electron chi connectivity index (χ4n) is 1.72. The summed E-state index contributed by atoms with van der Waals surface area (Å²) in [4.78, 5) is 11.7. The number of nitrogens with one attached hydrogen (secondary N) is 1. The zero-order chi connectivity index (χ0) is 16.1. The van der Waals surface area contributed by atoms with Crippen molar-refractivity contribution >= 4 is 29.1 Å². The highest BCUT2D eigenvalue weighted by Crippen LogP contribution is 2.18. The van der Waals surface area contributed by atoms with Crippen LogP contribution in [0.3, 0.4) is 0 Å². The summed E-state index contributed by atoms with van der Waals surface area (Å²) in [7, 11) is 1.58. The van der Waals surface area contributed by atoms with E-state index in [1.165, 1.54) is 0 Å². The molecule has 1 aliphatic heterocycles. The summed E-state index contributed by atoms with van der Waals surface area (Å²) in [5.74, 6) is 0.387. The van der Waals surface area contributed by atoms with E-state index in [0.29, 0.717) is 11.3 Å². The Morgan fingerprint density at radius 1 is 1.41 bits per heavy atom. The zero-order valence-electron chi connectivity index (χ0n) is 12.1. The molecule has 0 aliphatic carbocycles. The second-order valence-corrected chi connectivity index (χ2v) is 4.59. The summed E-state index contributed by atoms with van der Waals surface area (Å²) >= 11 is 4.86. The second-order valence-electron chi connectivity index (χ2n) is 4.15. The first-order chi connectivity index (χ1) is 10.6. The molecule has 22 heavy (non-hydrogen) atoms. The lowest BCUT2D eigenvalue weighted by molar-refractivity contribution is -0.138. The third kappa shape index (κ3) is 3.34. The highest BCUT2D eigenvalue weighted by molar-refractivity contribution is 7.80. The van der Waals surface area contributed by atoms with Gasteiger partial charge in [0, 0.05) is 5.56 Å². The minimum Gasteiger partial charge on any atom is -0.497 e. The summed E-state index contributed by atoms with van der Waals surface area (Å²) in [5, 5.41) is 4.01. The first-order valence-corrected chi connectivity index (χ1v) is 6.84. The molecule has 0 saturated carbocycles. The van der Waals surface area contributed by atoms with E-state index >= 15 is 0 Å². The van der Waals surface area contributed by atoms with Crippen LogP contribution in [0.1, 0.15) is 12.5 Å². The predicted octanol–water partition coefficient (Wildman–Crippen LogP) is 1.04. The van der Waals surface area contributed by atoms with E-state index in [9.17, 15) is 4.79 Å². The average Bonchev–Trinajstić information content (AvgIpc) is 2.97. The quantitative estimate of drug-likeness (QED) is 0.475. The van der Waals surface area contributed by atoms with E-state index in [0.717, 1.165) is 0 Å². The molecule has 3 N–H and O–H groups in total. The SMILES string of the molecule is CCOC(=O)/C(C(N)=S)=C1/NN=C(c2ccc(OC)cc2)O1. The molecular weight excluding hydrogens is 306 g/mol. The maximum Gasteiger partial charge on any atom is 0.346 e. The number of nitrogens with zero attached hydrogens (tertiary/aromatic N) is 1. The summed E-state index contributed by atoms with van der Waals surface area (Å²) in [6, 6.07) is 7.08. The van der Waals surface area contributed by atoms with Gasteiger partial charge in [0.25, 0.3) is 0 Å². The molecule has 1 aliphatic rings. The Morgan fingerprint density at radius 3 is 2.64 bits per heavy atom. The Kier molecular flexibility index (Phi) is 4.95. The molecule has 0 aromatic heterocycles.